The van der Waals surface area contributed by atoms with Gasteiger partial charge in [-0.05, 0) is 73.3 Å². The average molecular weight is 358 g/mol. The van der Waals surface area contributed by atoms with E-state index < -0.39 is 11.7 Å². The molecule has 1 unspecified atom stereocenters. The Morgan fingerprint density at radius 2 is 1.96 bits per heavy atom. The molecule has 0 bridgehead atoms. The number of hydrogen-bond acceptors (Lipinski definition) is 4. The maximum atomic E-state index is 12.3. The third kappa shape index (κ3) is 2.11. The van der Waals surface area contributed by atoms with Crippen LogP contribution in [-0.2, 0) is 4.79 Å². The van der Waals surface area contributed by atoms with E-state index in [4.69, 9.17) is 6.42 Å². The lowest BCUT2D eigenvalue weighted by atomic mass is 9.45. The van der Waals surface area contributed by atoms with Crippen LogP contribution in [0.4, 0.5) is 0 Å². The van der Waals surface area contributed by atoms with E-state index in [-0.39, 0.29) is 29.1 Å². The quantitative estimate of drug-likeness (QED) is 0.627. The number of carbonyl (C=O) groups is 1. The molecule has 0 amide bonds. The number of rotatable bonds is 1. The molecule has 3 saturated carbocycles. The number of aliphatic hydroxyl groups is 3. The zero-order valence-electron chi connectivity index (χ0n) is 15.7. The Hall–Kier alpha value is -1.15. The highest BCUT2D eigenvalue weighted by Crippen LogP contribution is 2.67. The summed E-state index contributed by atoms with van der Waals surface area (Å²) in [5.74, 6) is 3.20. The fourth-order valence-electron chi connectivity index (χ4n) is 7.21. The first kappa shape index (κ1) is 18.2. The van der Waals surface area contributed by atoms with Crippen molar-refractivity contribution in [1.82, 2.24) is 0 Å². The molecule has 0 saturated heterocycles. The van der Waals surface area contributed by atoms with Gasteiger partial charge in [0.25, 0.3) is 0 Å². The van der Waals surface area contributed by atoms with Crippen LogP contribution in [-0.4, -0.2) is 39.4 Å². The second-order valence-electron chi connectivity index (χ2n) is 9.63. The van der Waals surface area contributed by atoms with Gasteiger partial charge in [0.1, 0.15) is 5.60 Å². The van der Waals surface area contributed by atoms with Gasteiger partial charge >= 0.3 is 0 Å². The van der Waals surface area contributed by atoms with E-state index in [1.165, 1.54) is 0 Å². The number of aliphatic hydroxyl groups excluding tert-OH is 2. The van der Waals surface area contributed by atoms with Gasteiger partial charge in [0, 0.05) is 11.3 Å². The molecule has 4 heteroatoms. The highest BCUT2D eigenvalue weighted by Gasteiger charge is 2.65. The molecule has 0 aromatic heterocycles. The Morgan fingerprint density at radius 1 is 1.27 bits per heavy atom. The Kier molecular flexibility index (Phi) is 3.98. The van der Waals surface area contributed by atoms with Gasteiger partial charge in [-0.25, -0.2) is 0 Å². The Labute approximate surface area is 155 Å². The summed E-state index contributed by atoms with van der Waals surface area (Å²) in [6.07, 6.45) is 11.3. The molecule has 0 aromatic carbocycles. The van der Waals surface area contributed by atoms with Gasteiger partial charge in [-0.1, -0.05) is 19.8 Å². The van der Waals surface area contributed by atoms with Gasteiger partial charge < -0.3 is 15.3 Å². The van der Waals surface area contributed by atoms with E-state index in [2.05, 4.69) is 19.8 Å². The maximum Gasteiger partial charge on any atom is 0.161 e. The molecule has 0 radical (unpaired) electrons. The molecule has 4 aliphatic rings. The molecule has 26 heavy (non-hydrogen) atoms. The van der Waals surface area contributed by atoms with Gasteiger partial charge in [0.15, 0.2) is 5.78 Å². The molecule has 8 atom stereocenters. The summed E-state index contributed by atoms with van der Waals surface area (Å²) in [5.41, 5.74) is -0.758. The highest BCUT2D eigenvalue weighted by molar-refractivity contribution is 5.94. The predicted octanol–water partition coefficient (Wildman–Crippen LogP) is 2.07. The molecule has 3 N–H and O–H groups in total. The fourth-order valence-corrected chi connectivity index (χ4v) is 7.21. The molecule has 3 fully saturated rings. The van der Waals surface area contributed by atoms with Crippen molar-refractivity contribution >= 4 is 5.78 Å². The van der Waals surface area contributed by atoms with Crippen LogP contribution in [0.25, 0.3) is 0 Å². The molecule has 0 heterocycles. The smallest absolute Gasteiger partial charge is 0.161 e. The van der Waals surface area contributed by atoms with Crippen molar-refractivity contribution in [1.29, 1.82) is 0 Å². The normalized spacial score (nSPS) is 53.2. The minimum absolute atomic E-state index is 0.0549. The zero-order chi connectivity index (χ0) is 18.9. The third-order valence-corrected chi connectivity index (χ3v) is 8.75. The van der Waals surface area contributed by atoms with E-state index in [1.54, 1.807) is 6.08 Å². The lowest BCUT2D eigenvalue weighted by Crippen LogP contribution is -2.57. The largest absolute Gasteiger partial charge is 0.396 e. The summed E-state index contributed by atoms with van der Waals surface area (Å²) in [5, 5.41) is 31.6. The Balaban J connectivity index is 1.74. The van der Waals surface area contributed by atoms with Crippen LogP contribution in [0.2, 0.25) is 0 Å². The Morgan fingerprint density at radius 3 is 2.62 bits per heavy atom. The van der Waals surface area contributed by atoms with Crippen LogP contribution in [0.5, 0.6) is 0 Å². The van der Waals surface area contributed by atoms with Crippen molar-refractivity contribution in [2.45, 2.75) is 64.1 Å². The van der Waals surface area contributed by atoms with Crippen LogP contribution < -0.4 is 0 Å². The zero-order valence-corrected chi connectivity index (χ0v) is 15.7. The number of terminal acetylenes is 1. The van der Waals surface area contributed by atoms with Crippen molar-refractivity contribution in [3.05, 3.63) is 11.6 Å². The molecule has 0 spiro atoms. The van der Waals surface area contributed by atoms with Gasteiger partial charge in [-0.3, -0.25) is 4.79 Å². The Bertz CT molecular complexity index is 705. The summed E-state index contributed by atoms with van der Waals surface area (Å²) in [7, 11) is 0. The summed E-state index contributed by atoms with van der Waals surface area (Å²) in [6.45, 7) is 4.16. The van der Waals surface area contributed by atoms with Crippen LogP contribution >= 0.6 is 0 Å². The third-order valence-electron chi connectivity index (χ3n) is 8.75. The van der Waals surface area contributed by atoms with Crippen molar-refractivity contribution in [3.63, 3.8) is 0 Å². The van der Waals surface area contributed by atoms with Gasteiger partial charge in [-0.15, -0.1) is 6.42 Å². The molecule has 4 rings (SSSR count). The molecule has 142 valence electrons. The summed E-state index contributed by atoms with van der Waals surface area (Å²) in [6, 6.07) is 0. The van der Waals surface area contributed by atoms with Gasteiger partial charge in [-0.2, -0.15) is 0 Å². The number of hydrogen-bond donors (Lipinski definition) is 3. The summed E-state index contributed by atoms with van der Waals surface area (Å²) < 4.78 is 0. The van der Waals surface area contributed by atoms with Crippen LogP contribution in [0.1, 0.15) is 52.4 Å². The summed E-state index contributed by atoms with van der Waals surface area (Å²) in [4.78, 5) is 12.3. The first-order chi connectivity index (χ1) is 12.2. The van der Waals surface area contributed by atoms with Crippen LogP contribution in [0.3, 0.4) is 0 Å². The van der Waals surface area contributed by atoms with E-state index >= 15 is 0 Å². The van der Waals surface area contributed by atoms with E-state index in [9.17, 15) is 20.1 Å². The van der Waals surface area contributed by atoms with Crippen molar-refractivity contribution in [2.75, 3.05) is 6.61 Å². The molecule has 4 aliphatic carbocycles. The van der Waals surface area contributed by atoms with Crippen molar-refractivity contribution < 1.29 is 20.1 Å². The first-order valence-electron chi connectivity index (χ1n) is 9.95. The molecule has 4 nitrogen and oxygen atoms in total. The van der Waals surface area contributed by atoms with Crippen molar-refractivity contribution in [3.8, 4) is 12.3 Å². The maximum absolute atomic E-state index is 12.3. The van der Waals surface area contributed by atoms with E-state index in [0.29, 0.717) is 37.0 Å². The molecule has 0 aromatic rings. The number of carbonyl (C=O) groups excluding carboxylic acids is 1. The monoisotopic (exact) mass is 358 g/mol. The second-order valence-corrected chi connectivity index (χ2v) is 9.63. The van der Waals surface area contributed by atoms with Crippen LogP contribution in [0.15, 0.2) is 11.6 Å². The minimum atomic E-state index is -1.05. The molecule has 0 aliphatic heterocycles. The summed E-state index contributed by atoms with van der Waals surface area (Å²) >= 11 is 0. The van der Waals surface area contributed by atoms with E-state index in [0.717, 1.165) is 24.8 Å². The van der Waals surface area contributed by atoms with Crippen LogP contribution in [0, 0.1) is 46.8 Å². The number of fused-ring (bicyclic) bond motifs is 5. The van der Waals surface area contributed by atoms with Gasteiger partial charge in [0.2, 0.25) is 0 Å². The first-order valence-corrected chi connectivity index (χ1v) is 9.95. The van der Waals surface area contributed by atoms with Gasteiger partial charge in [0.05, 0.1) is 12.7 Å². The molecular weight excluding hydrogens is 328 g/mol. The standard InChI is InChI=1S/C22H30O4/c1-4-22(26)8-6-16-14-9-19(25)17-10-18(24)13(12-23)11-20(17,2)15(14)5-7-21(16,22)3/h1,10,13-16,19,23,25-26H,5-9,11-12H2,2-3H3/t13?,14-,15+,16+,19-,20-,21+,22+/m1/s1. The SMILES string of the molecule is C#C[C@]1(O)CC[C@H]2[C@@H]3C[C@@H](O)C4=CC(=O)C(CO)C[C@]4(C)[C@H]3CC[C@@]21C. The highest BCUT2D eigenvalue weighted by atomic mass is 16.3. The lowest BCUT2D eigenvalue weighted by Gasteiger charge is -2.60. The second kappa shape index (κ2) is 5.67. The number of ketones is 1. The van der Waals surface area contributed by atoms with Crippen molar-refractivity contribution in [2.24, 2.45) is 34.5 Å². The topological polar surface area (TPSA) is 77.8 Å². The lowest BCUT2D eigenvalue weighted by molar-refractivity contribution is -0.131. The molecular formula is C22H30O4. The van der Waals surface area contributed by atoms with E-state index in [1.807, 2.05) is 0 Å². The average Bonchev–Trinajstić information content (AvgIpc) is 2.88. The minimum Gasteiger partial charge on any atom is -0.396 e. The predicted molar refractivity (Wildman–Crippen MR) is 97.8 cm³/mol. The fraction of sp³-hybridized carbons (Fsp3) is 0.773.